The van der Waals surface area contributed by atoms with E-state index in [-0.39, 0.29) is 24.3 Å². The van der Waals surface area contributed by atoms with E-state index in [2.05, 4.69) is 21.0 Å². The maximum Gasteiger partial charge on any atom is 0.262 e. The van der Waals surface area contributed by atoms with Crippen molar-refractivity contribution in [2.45, 2.75) is 26.3 Å². The highest BCUT2D eigenvalue weighted by Gasteiger charge is 2.29. The van der Waals surface area contributed by atoms with Gasteiger partial charge in [0.1, 0.15) is 4.60 Å². The van der Waals surface area contributed by atoms with Crippen LogP contribution in [0.25, 0.3) is 0 Å². The van der Waals surface area contributed by atoms with Crippen LogP contribution in [0.4, 0.5) is 11.4 Å². The maximum atomic E-state index is 13.1. The van der Waals surface area contributed by atoms with E-state index < -0.39 is 0 Å². The van der Waals surface area contributed by atoms with E-state index in [1.165, 1.54) is 0 Å². The van der Waals surface area contributed by atoms with Crippen molar-refractivity contribution in [3.63, 3.8) is 0 Å². The lowest BCUT2D eigenvalue weighted by molar-refractivity contribution is -0.118. The minimum absolute atomic E-state index is 0.00492. The van der Waals surface area contributed by atoms with Gasteiger partial charge in [0.2, 0.25) is 5.91 Å². The van der Waals surface area contributed by atoms with Crippen LogP contribution < -0.4 is 9.80 Å². The third kappa shape index (κ3) is 2.73. The molecule has 0 N–H and O–H groups in total. The molecule has 7 heteroatoms. The van der Waals surface area contributed by atoms with Gasteiger partial charge in [-0.1, -0.05) is 12.1 Å². The fraction of sp³-hybridized carbons (Fsp3) is 0.353. The van der Waals surface area contributed by atoms with Gasteiger partial charge in [-0.25, -0.2) is 0 Å². The molecular weight excluding hydrogens is 372 g/mol. The predicted octanol–water partition coefficient (Wildman–Crippen LogP) is 3.24. The summed E-state index contributed by atoms with van der Waals surface area (Å²) in [5, 5.41) is 4.29. The van der Waals surface area contributed by atoms with E-state index in [0.717, 1.165) is 11.4 Å². The van der Waals surface area contributed by atoms with Crippen LogP contribution in [-0.4, -0.2) is 35.2 Å². The fourth-order valence-electron chi connectivity index (χ4n) is 2.81. The molecule has 0 saturated heterocycles. The molecule has 1 aromatic heterocycles. The summed E-state index contributed by atoms with van der Waals surface area (Å²) < 4.78 is 2.41. The first-order valence-corrected chi connectivity index (χ1v) is 8.61. The number of benzene rings is 1. The number of hydrogen-bond donors (Lipinski definition) is 0. The summed E-state index contributed by atoms with van der Waals surface area (Å²) in [6.07, 6.45) is 1.86. The first-order chi connectivity index (χ1) is 11.4. The van der Waals surface area contributed by atoms with Crippen molar-refractivity contribution in [2.75, 3.05) is 23.4 Å². The van der Waals surface area contributed by atoms with Crippen molar-refractivity contribution in [3.05, 3.63) is 40.6 Å². The van der Waals surface area contributed by atoms with Crippen LogP contribution in [0.1, 0.15) is 36.7 Å². The molecule has 1 aromatic carbocycles. The zero-order valence-electron chi connectivity index (χ0n) is 13.9. The van der Waals surface area contributed by atoms with Gasteiger partial charge in [0, 0.05) is 26.1 Å². The van der Waals surface area contributed by atoms with E-state index in [1.807, 2.05) is 38.1 Å². The van der Waals surface area contributed by atoms with Crippen molar-refractivity contribution < 1.29 is 9.59 Å². The summed E-state index contributed by atoms with van der Waals surface area (Å²) in [6, 6.07) is 7.60. The van der Waals surface area contributed by atoms with Gasteiger partial charge in [0.25, 0.3) is 5.91 Å². The summed E-state index contributed by atoms with van der Waals surface area (Å²) in [5.41, 5.74) is 1.97. The highest BCUT2D eigenvalue weighted by atomic mass is 79.9. The van der Waals surface area contributed by atoms with Crippen LogP contribution in [-0.2, 0) is 4.79 Å². The van der Waals surface area contributed by atoms with Crippen molar-refractivity contribution in [2.24, 2.45) is 0 Å². The van der Waals surface area contributed by atoms with Crippen molar-refractivity contribution in [3.8, 4) is 0 Å². The Morgan fingerprint density at radius 1 is 1.25 bits per heavy atom. The molecule has 2 amide bonds. The number of para-hydroxylation sites is 2. The minimum Gasteiger partial charge on any atom is -0.313 e. The van der Waals surface area contributed by atoms with E-state index in [1.54, 1.807) is 27.7 Å². The summed E-state index contributed by atoms with van der Waals surface area (Å²) in [6.45, 7) is 4.35. The van der Waals surface area contributed by atoms with E-state index in [0.29, 0.717) is 16.7 Å². The molecule has 6 nitrogen and oxygen atoms in total. The number of nitrogens with zero attached hydrogens (tertiary/aromatic N) is 4. The zero-order chi connectivity index (χ0) is 17.4. The quantitative estimate of drug-likeness (QED) is 0.790. The normalized spacial score (nSPS) is 14.8. The van der Waals surface area contributed by atoms with Gasteiger partial charge < -0.3 is 9.80 Å². The molecule has 0 bridgehead atoms. The largest absolute Gasteiger partial charge is 0.313 e. The second kappa shape index (κ2) is 6.39. The standard InChI is InChI=1S/C17H19BrN4O2/c1-11(2)22-16(18)12(10-19-22)17(24)21-9-8-15(23)20(3)13-6-4-5-7-14(13)21/h4-7,10-11H,8-9H2,1-3H3. The van der Waals surface area contributed by atoms with Gasteiger partial charge in [-0.05, 0) is 41.9 Å². The monoisotopic (exact) mass is 390 g/mol. The van der Waals surface area contributed by atoms with Crippen LogP contribution in [0.5, 0.6) is 0 Å². The Morgan fingerprint density at radius 2 is 1.92 bits per heavy atom. The average molecular weight is 391 g/mol. The van der Waals surface area contributed by atoms with E-state index in [4.69, 9.17) is 0 Å². The molecule has 1 aliphatic rings. The number of fused-ring (bicyclic) bond motifs is 1. The van der Waals surface area contributed by atoms with Crippen molar-refractivity contribution in [1.82, 2.24) is 9.78 Å². The number of rotatable bonds is 2. The number of aromatic nitrogens is 2. The zero-order valence-corrected chi connectivity index (χ0v) is 15.4. The second-order valence-electron chi connectivity index (χ2n) is 6.04. The fourth-order valence-corrected chi connectivity index (χ4v) is 3.59. The molecule has 2 heterocycles. The number of carbonyl (C=O) groups is 2. The molecule has 0 radical (unpaired) electrons. The Balaban J connectivity index is 2.04. The number of amides is 2. The Morgan fingerprint density at radius 3 is 2.54 bits per heavy atom. The lowest BCUT2D eigenvalue weighted by Gasteiger charge is -2.23. The Bertz CT molecular complexity index is 800. The van der Waals surface area contributed by atoms with Gasteiger partial charge in [0.15, 0.2) is 0 Å². The third-order valence-corrected chi connectivity index (χ3v) is 4.95. The topological polar surface area (TPSA) is 58.4 Å². The first kappa shape index (κ1) is 16.7. The highest BCUT2D eigenvalue weighted by molar-refractivity contribution is 9.10. The minimum atomic E-state index is -0.163. The average Bonchev–Trinajstić information content (AvgIpc) is 2.90. The smallest absolute Gasteiger partial charge is 0.262 e. The summed E-state index contributed by atoms with van der Waals surface area (Å²) in [5.74, 6) is -0.168. The number of anilines is 2. The number of halogens is 1. The van der Waals surface area contributed by atoms with Gasteiger partial charge >= 0.3 is 0 Å². The molecule has 3 rings (SSSR count). The Kier molecular flexibility index (Phi) is 4.45. The van der Waals surface area contributed by atoms with Crippen molar-refractivity contribution in [1.29, 1.82) is 0 Å². The molecule has 0 saturated carbocycles. The van der Waals surface area contributed by atoms with Gasteiger partial charge in [0.05, 0.1) is 23.1 Å². The third-order valence-electron chi connectivity index (χ3n) is 4.16. The molecule has 0 spiro atoms. The van der Waals surface area contributed by atoms with E-state index in [9.17, 15) is 9.59 Å². The molecule has 0 aliphatic carbocycles. The maximum absolute atomic E-state index is 13.1. The molecule has 24 heavy (non-hydrogen) atoms. The Labute approximate surface area is 149 Å². The van der Waals surface area contributed by atoms with Gasteiger partial charge in [-0.15, -0.1) is 0 Å². The Hall–Kier alpha value is -2.15. The lowest BCUT2D eigenvalue weighted by atomic mass is 10.2. The van der Waals surface area contributed by atoms with E-state index >= 15 is 0 Å². The SMILES string of the molecule is CC(C)n1ncc(C(=O)N2CCC(=O)N(C)c3ccccc32)c1Br. The molecule has 0 unspecified atom stereocenters. The van der Waals surface area contributed by atoms with Crippen LogP contribution >= 0.6 is 15.9 Å². The van der Waals surface area contributed by atoms with Gasteiger partial charge in [-0.3, -0.25) is 14.3 Å². The summed E-state index contributed by atoms with van der Waals surface area (Å²) in [7, 11) is 1.74. The lowest BCUT2D eigenvalue weighted by Crippen LogP contribution is -2.32. The first-order valence-electron chi connectivity index (χ1n) is 7.82. The van der Waals surface area contributed by atoms with Crippen LogP contribution in [0.3, 0.4) is 0 Å². The molecule has 126 valence electrons. The molecule has 0 fully saturated rings. The molecule has 2 aromatic rings. The number of hydrogen-bond acceptors (Lipinski definition) is 3. The second-order valence-corrected chi connectivity index (χ2v) is 6.79. The van der Waals surface area contributed by atoms with Crippen LogP contribution in [0.15, 0.2) is 35.1 Å². The molecule has 1 aliphatic heterocycles. The summed E-state index contributed by atoms with van der Waals surface area (Å²) >= 11 is 3.48. The number of carbonyl (C=O) groups excluding carboxylic acids is 2. The van der Waals surface area contributed by atoms with Crippen molar-refractivity contribution >= 4 is 39.1 Å². The van der Waals surface area contributed by atoms with Crippen LogP contribution in [0, 0.1) is 0 Å². The van der Waals surface area contributed by atoms with Crippen LogP contribution in [0.2, 0.25) is 0 Å². The predicted molar refractivity (Wildman–Crippen MR) is 96.5 cm³/mol. The molecule has 0 atom stereocenters. The van der Waals surface area contributed by atoms with Gasteiger partial charge in [-0.2, -0.15) is 5.10 Å². The highest BCUT2D eigenvalue weighted by Crippen LogP contribution is 2.33. The summed E-state index contributed by atoms with van der Waals surface area (Å²) in [4.78, 5) is 28.6. The molecular formula is C17H19BrN4O2.